The van der Waals surface area contributed by atoms with Gasteiger partial charge in [-0.1, -0.05) is 24.3 Å². The Labute approximate surface area is 109 Å². The molecule has 0 fully saturated rings. The van der Waals surface area contributed by atoms with Crippen LogP contribution in [0.2, 0.25) is 0 Å². The van der Waals surface area contributed by atoms with E-state index in [2.05, 4.69) is 59.5 Å². The molecule has 3 aromatic rings. The summed E-state index contributed by atoms with van der Waals surface area (Å²) in [6.07, 6.45) is 0. The maximum Gasteiger partial charge on any atom is 0.0349 e. The number of hydrogen-bond donors (Lipinski definition) is 0. The molecule has 0 saturated carbocycles. The molecule has 0 spiro atoms. The van der Waals surface area contributed by atoms with Gasteiger partial charge in [-0.15, -0.1) is 11.3 Å². The molecular formula is C15H12S2. The first kappa shape index (κ1) is 10.8. The van der Waals surface area contributed by atoms with Gasteiger partial charge in [0.1, 0.15) is 0 Å². The molecule has 0 aliphatic rings. The van der Waals surface area contributed by atoms with Crippen LogP contribution in [0.1, 0.15) is 5.56 Å². The molecule has 2 aromatic heterocycles. The van der Waals surface area contributed by atoms with E-state index in [9.17, 15) is 0 Å². The molecule has 0 aliphatic carbocycles. The zero-order valence-corrected chi connectivity index (χ0v) is 11.1. The van der Waals surface area contributed by atoms with Crippen LogP contribution in [0.5, 0.6) is 0 Å². The van der Waals surface area contributed by atoms with Gasteiger partial charge < -0.3 is 0 Å². The van der Waals surface area contributed by atoms with Crippen molar-refractivity contribution in [2.24, 2.45) is 0 Å². The van der Waals surface area contributed by atoms with E-state index in [1.807, 2.05) is 0 Å². The minimum atomic E-state index is 1.33. The van der Waals surface area contributed by atoms with E-state index >= 15 is 0 Å². The molecule has 0 aliphatic heterocycles. The summed E-state index contributed by atoms with van der Waals surface area (Å²) < 4.78 is 0. The van der Waals surface area contributed by atoms with Gasteiger partial charge in [0.2, 0.25) is 0 Å². The van der Waals surface area contributed by atoms with E-state index in [1.165, 1.54) is 27.1 Å². The second-order valence-corrected chi connectivity index (χ2v) is 5.71. The van der Waals surface area contributed by atoms with Crippen LogP contribution in [-0.4, -0.2) is 0 Å². The molecule has 0 saturated heterocycles. The Morgan fingerprint density at radius 1 is 0.941 bits per heavy atom. The van der Waals surface area contributed by atoms with E-state index in [0.29, 0.717) is 0 Å². The maximum absolute atomic E-state index is 2.22. The topological polar surface area (TPSA) is 0 Å². The molecule has 17 heavy (non-hydrogen) atoms. The lowest BCUT2D eigenvalue weighted by Crippen LogP contribution is -1.85. The highest BCUT2D eigenvalue weighted by Crippen LogP contribution is 2.37. The quantitative estimate of drug-likeness (QED) is 0.571. The Bertz CT molecular complexity index is 604. The number of thiophene rings is 2. The van der Waals surface area contributed by atoms with E-state index in [1.54, 1.807) is 22.7 Å². The average Bonchev–Trinajstić information content (AvgIpc) is 3.02. The minimum Gasteiger partial charge on any atom is -0.152 e. The van der Waals surface area contributed by atoms with Crippen molar-refractivity contribution in [3.05, 3.63) is 58.1 Å². The maximum atomic E-state index is 2.22. The van der Waals surface area contributed by atoms with Crippen LogP contribution in [0, 0.1) is 6.92 Å². The standard InChI is InChI=1S/C15H12S2/c1-11-4-2-5-13(14-6-3-8-17-14)15(11)12-7-9-16-10-12/h2-10H,1H3. The zero-order chi connectivity index (χ0) is 11.7. The van der Waals surface area contributed by atoms with Crippen molar-refractivity contribution < 1.29 is 0 Å². The van der Waals surface area contributed by atoms with Crippen LogP contribution in [0.4, 0.5) is 0 Å². The summed E-state index contributed by atoms with van der Waals surface area (Å²) in [5, 5.41) is 6.49. The van der Waals surface area contributed by atoms with Gasteiger partial charge in [0.15, 0.2) is 0 Å². The third-order valence-electron chi connectivity index (χ3n) is 2.87. The number of aryl methyl sites for hydroxylation is 1. The fourth-order valence-corrected chi connectivity index (χ4v) is 3.50. The summed E-state index contributed by atoms with van der Waals surface area (Å²) in [4.78, 5) is 1.34. The molecule has 0 radical (unpaired) electrons. The Kier molecular flexibility index (Phi) is 2.83. The summed E-state index contributed by atoms with van der Waals surface area (Å²) in [6.45, 7) is 2.18. The molecule has 2 heterocycles. The van der Waals surface area contributed by atoms with Gasteiger partial charge in [-0.3, -0.25) is 0 Å². The van der Waals surface area contributed by atoms with Crippen LogP contribution in [0.15, 0.2) is 52.5 Å². The second-order valence-electron chi connectivity index (χ2n) is 3.99. The third-order valence-corrected chi connectivity index (χ3v) is 4.46. The number of rotatable bonds is 2. The first-order valence-electron chi connectivity index (χ1n) is 5.52. The molecule has 0 amide bonds. The summed E-state index contributed by atoms with van der Waals surface area (Å²) in [6, 6.07) is 13.0. The second kappa shape index (κ2) is 4.47. The van der Waals surface area contributed by atoms with Crippen molar-refractivity contribution in [1.82, 2.24) is 0 Å². The van der Waals surface area contributed by atoms with Gasteiger partial charge in [0, 0.05) is 4.88 Å². The first-order valence-corrected chi connectivity index (χ1v) is 7.34. The SMILES string of the molecule is Cc1cccc(-c2cccs2)c1-c1ccsc1. The lowest BCUT2D eigenvalue weighted by Gasteiger charge is -2.10. The predicted octanol–water partition coefficient (Wildman–Crippen LogP) is 5.45. The van der Waals surface area contributed by atoms with Crippen molar-refractivity contribution in [3.63, 3.8) is 0 Å². The number of hydrogen-bond acceptors (Lipinski definition) is 2. The van der Waals surface area contributed by atoms with Gasteiger partial charge in [-0.2, -0.15) is 11.3 Å². The Morgan fingerprint density at radius 3 is 2.59 bits per heavy atom. The van der Waals surface area contributed by atoms with Crippen LogP contribution in [-0.2, 0) is 0 Å². The van der Waals surface area contributed by atoms with Crippen molar-refractivity contribution in [1.29, 1.82) is 0 Å². The van der Waals surface area contributed by atoms with E-state index < -0.39 is 0 Å². The molecule has 0 atom stereocenters. The monoisotopic (exact) mass is 256 g/mol. The van der Waals surface area contributed by atoms with Gasteiger partial charge in [-0.25, -0.2) is 0 Å². The van der Waals surface area contributed by atoms with E-state index in [4.69, 9.17) is 0 Å². The summed E-state index contributed by atoms with van der Waals surface area (Å²) in [5.74, 6) is 0. The summed E-state index contributed by atoms with van der Waals surface area (Å²) in [5.41, 5.74) is 5.39. The molecule has 0 nitrogen and oxygen atoms in total. The molecule has 0 N–H and O–H groups in total. The Hall–Kier alpha value is -1.38. The normalized spacial score (nSPS) is 10.6. The summed E-state index contributed by atoms with van der Waals surface area (Å²) in [7, 11) is 0. The Morgan fingerprint density at radius 2 is 1.88 bits per heavy atom. The molecule has 2 heteroatoms. The minimum absolute atomic E-state index is 1.33. The van der Waals surface area contributed by atoms with Gasteiger partial charge in [0.25, 0.3) is 0 Å². The van der Waals surface area contributed by atoms with Gasteiger partial charge >= 0.3 is 0 Å². The number of benzene rings is 1. The fraction of sp³-hybridized carbons (Fsp3) is 0.0667. The van der Waals surface area contributed by atoms with Crippen molar-refractivity contribution >= 4 is 22.7 Å². The van der Waals surface area contributed by atoms with Crippen LogP contribution >= 0.6 is 22.7 Å². The molecule has 1 aromatic carbocycles. The smallest absolute Gasteiger partial charge is 0.0349 e. The highest BCUT2D eigenvalue weighted by molar-refractivity contribution is 7.13. The molecule has 84 valence electrons. The van der Waals surface area contributed by atoms with Gasteiger partial charge in [0.05, 0.1) is 0 Å². The van der Waals surface area contributed by atoms with Crippen LogP contribution in [0.25, 0.3) is 21.6 Å². The largest absolute Gasteiger partial charge is 0.152 e. The molecule has 3 rings (SSSR count). The first-order chi connectivity index (χ1) is 8.36. The molecular weight excluding hydrogens is 244 g/mol. The van der Waals surface area contributed by atoms with E-state index in [0.717, 1.165) is 0 Å². The molecule has 0 bridgehead atoms. The average molecular weight is 256 g/mol. The zero-order valence-electron chi connectivity index (χ0n) is 9.51. The fourth-order valence-electron chi connectivity index (χ4n) is 2.09. The summed E-state index contributed by atoms with van der Waals surface area (Å²) >= 11 is 3.55. The highest BCUT2D eigenvalue weighted by Gasteiger charge is 2.10. The molecule has 0 unspecified atom stereocenters. The lowest BCUT2D eigenvalue weighted by atomic mass is 9.96. The van der Waals surface area contributed by atoms with Gasteiger partial charge in [-0.05, 0) is 57.5 Å². The lowest BCUT2D eigenvalue weighted by molar-refractivity contribution is 1.47. The van der Waals surface area contributed by atoms with Crippen molar-refractivity contribution in [3.8, 4) is 21.6 Å². The predicted molar refractivity (Wildman–Crippen MR) is 77.8 cm³/mol. The third kappa shape index (κ3) is 1.94. The van der Waals surface area contributed by atoms with Crippen LogP contribution in [0.3, 0.4) is 0 Å². The highest BCUT2D eigenvalue weighted by atomic mass is 32.1. The Balaban J connectivity index is 2.26. The van der Waals surface area contributed by atoms with E-state index in [-0.39, 0.29) is 0 Å². The van der Waals surface area contributed by atoms with Crippen molar-refractivity contribution in [2.75, 3.05) is 0 Å². The van der Waals surface area contributed by atoms with Crippen molar-refractivity contribution in [2.45, 2.75) is 6.92 Å². The van der Waals surface area contributed by atoms with Crippen LogP contribution < -0.4 is 0 Å².